The zero-order valence-electron chi connectivity index (χ0n) is 19.8. The van der Waals surface area contributed by atoms with Crippen LogP contribution in [0.25, 0.3) is 22.5 Å². The Hall–Kier alpha value is -4.28. The fraction of sp³-hybridized carbons (Fsp3) is 0.120. The van der Waals surface area contributed by atoms with E-state index in [1.165, 1.54) is 33.6 Å². The molecule has 1 N–H and O–H groups in total. The van der Waals surface area contributed by atoms with E-state index in [1.54, 1.807) is 36.4 Å². The number of hydrogen-bond acceptors (Lipinski definition) is 7. The number of nitrogens with one attached hydrogen (secondary N) is 1. The number of amides is 1. The van der Waals surface area contributed by atoms with Gasteiger partial charge < -0.3 is 14.6 Å². The Balaban J connectivity index is 1.74. The van der Waals surface area contributed by atoms with Gasteiger partial charge in [-0.25, -0.2) is 9.78 Å². The number of aldehydes is 1. The van der Waals surface area contributed by atoms with Crippen LogP contribution in [0.1, 0.15) is 20.7 Å². The van der Waals surface area contributed by atoms with E-state index >= 15 is 0 Å². The molecule has 188 valence electrons. The monoisotopic (exact) mass is 539 g/mol. The summed E-state index contributed by atoms with van der Waals surface area (Å²) >= 11 is 13.4. The number of aromatic nitrogens is 4. The van der Waals surface area contributed by atoms with Gasteiger partial charge in [0.1, 0.15) is 11.3 Å². The molecule has 0 aliphatic heterocycles. The fourth-order valence-electron chi connectivity index (χ4n) is 3.66. The number of aryl methyl sites for hydroxylation is 1. The van der Waals surface area contributed by atoms with Crippen LogP contribution in [0.15, 0.2) is 58.4 Å². The summed E-state index contributed by atoms with van der Waals surface area (Å²) in [4.78, 5) is 57.1. The van der Waals surface area contributed by atoms with Crippen LogP contribution in [0.4, 0.5) is 5.69 Å². The van der Waals surface area contributed by atoms with E-state index in [0.717, 1.165) is 9.13 Å². The first-order chi connectivity index (χ1) is 17.7. The second kappa shape index (κ2) is 10.4. The highest BCUT2D eigenvalue weighted by atomic mass is 35.5. The van der Waals surface area contributed by atoms with E-state index in [2.05, 4.69) is 15.3 Å². The molecule has 37 heavy (non-hydrogen) atoms. The number of halogens is 2. The van der Waals surface area contributed by atoms with Crippen LogP contribution in [0.5, 0.6) is 5.88 Å². The number of anilines is 1. The zero-order valence-corrected chi connectivity index (χ0v) is 21.3. The molecule has 0 bridgehead atoms. The van der Waals surface area contributed by atoms with E-state index in [9.17, 15) is 19.2 Å². The Bertz CT molecular complexity index is 1680. The van der Waals surface area contributed by atoms with Crippen molar-refractivity contribution in [2.75, 3.05) is 12.4 Å². The number of rotatable bonds is 6. The van der Waals surface area contributed by atoms with E-state index in [1.807, 2.05) is 0 Å². The summed E-state index contributed by atoms with van der Waals surface area (Å²) in [5.41, 5.74) is 0.673. The Kier molecular flexibility index (Phi) is 7.23. The van der Waals surface area contributed by atoms with Crippen LogP contribution in [-0.2, 0) is 14.1 Å². The molecule has 0 unspecified atom stereocenters. The van der Waals surface area contributed by atoms with Crippen LogP contribution in [0, 0.1) is 0 Å². The van der Waals surface area contributed by atoms with Gasteiger partial charge in [-0.1, -0.05) is 35.3 Å². The maximum absolute atomic E-state index is 12.9. The molecule has 1 aromatic carbocycles. The largest absolute Gasteiger partial charge is 0.480 e. The second-order valence-electron chi connectivity index (χ2n) is 7.86. The van der Waals surface area contributed by atoms with Gasteiger partial charge in [0.05, 0.1) is 34.1 Å². The average Bonchev–Trinajstić information content (AvgIpc) is 2.90. The van der Waals surface area contributed by atoms with Crippen molar-refractivity contribution in [1.82, 2.24) is 19.1 Å². The molecule has 1 amide bonds. The number of methoxy groups -OCH3 is 1. The molecule has 3 aromatic heterocycles. The lowest BCUT2D eigenvalue weighted by Crippen LogP contribution is -2.40. The summed E-state index contributed by atoms with van der Waals surface area (Å²) in [6, 6.07) is 9.72. The third-order valence-electron chi connectivity index (χ3n) is 5.57. The minimum absolute atomic E-state index is 0.128. The summed E-state index contributed by atoms with van der Waals surface area (Å²) in [5.74, 6) is -0.605. The molecular weight excluding hydrogens is 521 g/mol. The molecule has 0 aliphatic carbocycles. The van der Waals surface area contributed by atoms with Crippen molar-refractivity contribution in [3.63, 3.8) is 0 Å². The van der Waals surface area contributed by atoms with Crippen LogP contribution >= 0.6 is 23.2 Å². The van der Waals surface area contributed by atoms with Gasteiger partial charge in [-0.3, -0.25) is 23.9 Å². The van der Waals surface area contributed by atoms with Crippen molar-refractivity contribution >= 4 is 41.1 Å². The van der Waals surface area contributed by atoms with Crippen molar-refractivity contribution in [2.45, 2.75) is 0 Å². The molecule has 0 saturated heterocycles. The van der Waals surface area contributed by atoms with Crippen LogP contribution in [-0.4, -0.2) is 38.4 Å². The topological polar surface area (TPSA) is 125 Å². The van der Waals surface area contributed by atoms with E-state index in [4.69, 9.17) is 27.9 Å². The Morgan fingerprint density at radius 1 is 1.05 bits per heavy atom. The first-order valence-electron chi connectivity index (χ1n) is 10.7. The lowest BCUT2D eigenvalue weighted by atomic mass is 10.0. The van der Waals surface area contributed by atoms with Crippen molar-refractivity contribution in [3.05, 3.63) is 90.8 Å². The molecule has 0 spiro atoms. The smallest absolute Gasteiger partial charge is 0.330 e. The van der Waals surface area contributed by atoms with E-state index in [-0.39, 0.29) is 32.7 Å². The van der Waals surface area contributed by atoms with E-state index < -0.39 is 17.2 Å². The van der Waals surface area contributed by atoms with Crippen LogP contribution in [0.2, 0.25) is 10.0 Å². The third-order valence-corrected chi connectivity index (χ3v) is 6.36. The molecule has 10 nitrogen and oxygen atoms in total. The molecule has 0 saturated carbocycles. The first-order valence-corrected chi connectivity index (χ1v) is 11.5. The van der Waals surface area contributed by atoms with Crippen LogP contribution in [0.3, 0.4) is 0 Å². The molecule has 0 radical (unpaired) electrons. The predicted molar refractivity (Wildman–Crippen MR) is 140 cm³/mol. The summed E-state index contributed by atoms with van der Waals surface area (Å²) in [6.45, 7) is 0. The Morgan fingerprint density at radius 2 is 1.78 bits per heavy atom. The number of carbonyl (C=O) groups is 2. The highest BCUT2D eigenvalue weighted by Crippen LogP contribution is 2.40. The minimum Gasteiger partial charge on any atom is -0.480 e. The SMILES string of the molecule is COc1nc(-c2nccc(-c3cccc(NC(=O)c4cn(C)c(=O)n(C)c4=O)c3Cl)c2Cl)ccc1C=O. The molecule has 3 heterocycles. The third kappa shape index (κ3) is 4.76. The maximum Gasteiger partial charge on any atom is 0.330 e. The normalized spacial score (nSPS) is 10.7. The molecule has 4 rings (SSSR count). The predicted octanol–water partition coefficient (Wildman–Crippen LogP) is 3.59. The number of pyridine rings is 2. The Labute approximate surface area is 220 Å². The first kappa shape index (κ1) is 25.8. The van der Waals surface area contributed by atoms with Gasteiger partial charge in [0.25, 0.3) is 11.5 Å². The van der Waals surface area contributed by atoms with Crippen molar-refractivity contribution in [3.8, 4) is 28.4 Å². The van der Waals surface area contributed by atoms with E-state index in [0.29, 0.717) is 28.8 Å². The van der Waals surface area contributed by atoms with Gasteiger partial charge in [-0.05, 0) is 24.3 Å². The quantitative estimate of drug-likeness (QED) is 0.371. The second-order valence-corrected chi connectivity index (χ2v) is 8.61. The minimum atomic E-state index is -0.738. The van der Waals surface area contributed by atoms with Gasteiger partial charge >= 0.3 is 5.69 Å². The number of benzene rings is 1. The van der Waals surface area contributed by atoms with Gasteiger partial charge in [-0.2, -0.15) is 0 Å². The number of nitrogens with zero attached hydrogens (tertiary/aromatic N) is 4. The van der Waals surface area contributed by atoms with Crippen LogP contribution < -0.4 is 21.3 Å². The fourth-order valence-corrected chi connectivity index (χ4v) is 4.24. The number of hydrogen-bond donors (Lipinski definition) is 1. The summed E-state index contributed by atoms with van der Waals surface area (Å²) in [6.07, 6.45) is 3.32. The molecule has 0 fully saturated rings. The lowest BCUT2D eigenvalue weighted by molar-refractivity contribution is 0.102. The summed E-state index contributed by atoms with van der Waals surface area (Å²) in [7, 11) is 4.12. The molecular formula is C25H19Cl2N5O5. The number of carbonyl (C=O) groups excluding carboxylic acids is 2. The molecule has 12 heteroatoms. The molecule has 4 aromatic rings. The lowest BCUT2D eigenvalue weighted by Gasteiger charge is -2.14. The summed E-state index contributed by atoms with van der Waals surface area (Å²) in [5, 5.41) is 3.02. The highest BCUT2D eigenvalue weighted by molar-refractivity contribution is 6.39. The maximum atomic E-state index is 12.9. The van der Waals surface area contributed by atoms with Gasteiger partial charge in [-0.15, -0.1) is 0 Å². The van der Waals surface area contributed by atoms with Crippen molar-refractivity contribution in [1.29, 1.82) is 0 Å². The molecule has 0 atom stereocenters. The van der Waals surface area contributed by atoms with Gasteiger partial charge in [0, 0.05) is 37.6 Å². The van der Waals surface area contributed by atoms with Gasteiger partial charge in [0.2, 0.25) is 5.88 Å². The highest BCUT2D eigenvalue weighted by Gasteiger charge is 2.20. The molecule has 0 aliphatic rings. The number of ether oxygens (including phenoxy) is 1. The zero-order chi connectivity index (χ0) is 26.9. The standard InChI is InChI=1S/C25H19Cl2N5O5/c1-31-11-16(24(35)32(2)25(31)36)22(34)29-17-6-4-5-14(19(17)26)15-9-10-28-21(20(15)27)18-8-7-13(12-33)23(30-18)37-3/h4-12H,1-3H3,(H,29,34). The Morgan fingerprint density at radius 3 is 2.49 bits per heavy atom. The average molecular weight is 540 g/mol. The summed E-state index contributed by atoms with van der Waals surface area (Å²) < 4.78 is 7.15. The van der Waals surface area contributed by atoms with Gasteiger partial charge in [0.15, 0.2) is 6.29 Å². The van der Waals surface area contributed by atoms with Crippen molar-refractivity contribution in [2.24, 2.45) is 14.1 Å². The van der Waals surface area contributed by atoms with Crippen molar-refractivity contribution < 1.29 is 14.3 Å².